The fraction of sp³-hybridized carbons (Fsp3) is 0.647. The van der Waals surface area contributed by atoms with E-state index >= 15 is 0 Å². The maximum atomic E-state index is 13.0. The second-order valence-corrected chi connectivity index (χ2v) is 8.69. The Labute approximate surface area is 139 Å². The van der Waals surface area contributed by atoms with Gasteiger partial charge >= 0.3 is 0 Å². The van der Waals surface area contributed by atoms with Gasteiger partial charge in [0.1, 0.15) is 0 Å². The summed E-state index contributed by atoms with van der Waals surface area (Å²) >= 11 is 0. The van der Waals surface area contributed by atoms with Gasteiger partial charge in [-0.05, 0) is 51.4 Å². The highest BCUT2D eigenvalue weighted by Crippen LogP contribution is 2.31. The van der Waals surface area contributed by atoms with Crippen molar-refractivity contribution in [2.24, 2.45) is 0 Å². The van der Waals surface area contributed by atoms with Gasteiger partial charge in [-0.3, -0.25) is 4.31 Å². The molecule has 1 aromatic rings. The third-order valence-electron chi connectivity index (χ3n) is 4.83. The van der Waals surface area contributed by atoms with Crippen molar-refractivity contribution >= 4 is 15.7 Å². The molecule has 0 aliphatic carbocycles. The first-order chi connectivity index (χ1) is 11.0. The van der Waals surface area contributed by atoms with E-state index in [9.17, 15) is 8.42 Å². The van der Waals surface area contributed by atoms with E-state index in [-0.39, 0.29) is 17.9 Å². The highest BCUT2D eigenvalue weighted by Gasteiger charge is 2.34. The third-order valence-corrected chi connectivity index (χ3v) is 6.64. The largest absolute Gasteiger partial charge is 0.377 e. The molecule has 3 rings (SSSR count). The number of anilines is 1. The summed E-state index contributed by atoms with van der Waals surface area (Å²) in [6, 6.07) is 8.04. The zero-order valence-corrected chi connectivity index (χ0v) is 14.8. The van der Waals surface area contributed by atoms with Gasteiger partial charge in [0.05, 0.1) is 17.5 Å². The first-order valence-electron chi connectivity index (χ1n) is 8.34. The first-order valence-corrected chi connectivity index (χ1v) is 9.94. The molecule has 2 aliphatic rings. The predicted octanol–water partition coefficient (Wildman–Crippen LogP) is 1.88. The molecule has 2 heterocycles. The lowest BCUT2D eigenvalue weighted by atomic mass is 9.99. The normalized spacial score (nSPS) is 25.4. The van der Waals surface area contributed by atoms with E-state index in [2.05, 4.69) is 4.90 Å². The Morgan fingerprint density at radius 1 is 1.26 bits per heavy atom. The van der Waals surface area contributed by atoms with Crippen LogP contribution >= 0.6 is 0 Å². The van der Waals surface area contributed by atoms with Gasteiger partial charge in [0.15, 0.2) is 0 Å². The van der Waals surface area contributed by atoms with Crippen molar-refractivity contribution in [1.29, 1.82) is 0 Å². The lowest BCUT2D eigenvalue weighted by molar-refractivity contribution is 0.0304. The van der Waals surface area contributed by atoms with E-state index < -0.39 is 10.0 Å². The minimum Gasteiger partial charge on any atom is -0.377 e. The maximum absolute atomic E-state index is 13.0. The standard InChI is InChI=1S/C17H26N2O3S/c1-18(2)15-11-14-7-3-4-9-17(14)19(12-15)23(20,21)13-16-8-5-6-10-22-16/h3-4,7,9,15-16H,5-6,8,10-13H2,1-2H3. The minimum absolute atomic E-state index is 0.0848. The lowest BCUT2D eigenvalue weighted by Gasteiger charge is -2.38. The fourth-order valence-corrected chi connectivity index (χ4v) is 5.20. The van der Waals surface area contributed by atoms with Crippen LogP contribution in [-0.2, 0) is 21.2 Å². The molecule has 1 saturated heterocycles. The zero-order valence-electron chi connectivity index (χ0n) is 13.9. The molecular weight excluding hydrogens is 312 g/mol. The van der Waals surface area contributed by atoms with E-state index in [0.717, 1.165) is 36.9 Å². The molecule has 0 amide bonds. The Bertz CT molecular complexity index is 639. The van der Waals surface area contributed by atoms with Gasteiger partial charge < -0.3 is 9.64 Å². The molecule has 128 valence electrons. The van der Waals surface area contributed by atoms with Crippen molar-refractivity contribution in [2.75, 3.05) is 37.3 Å². The van der Waals surface area contributed by atoms with Crippen LogP contribution in [0.15, 0.2) is 24.3 Å². The molecule has 2 unspecified atom stereocenters. The lowest BCUT2D eigenvalue weighted by Crippen LogP contribution is -2.49. The van der Waals surface area contributed by atoms with Gasteiger partial charge in [0.2, 0.25) is 10.0 Å². The van der Waals surface area contributed by atoms with Crippen molar-refractivity contribution in [1.82, 2.24) is 4.90 Å². The molecule has 0 aromatic heterocycles. The van der Waals surface area contributed by atoms with E-state index in [1.165, 1.54) is 0 Å². The van der Waals surface area contributed by atoms with Gasteiger partial charge in [-0.1, -0.05) is 18.2 Å². The molecule has 0 radical (unpaired) electrons. The van der Waals surface area contributed by atoms with Crippen LogP contribution in [0.5, 0.6) is 0 Å². The van der Waals surface area contributed by atoms with Crippen LogP contribution in [0.1, 0.15) is 24.8 Å². The number of hydrogen-bond donors (Lipinski definition) is 0. The molecular formula is C17H26N2O3S. The van der Waals surface area contributed by atoms with Gasteiger partial charge in [0, 0.05) is 19.2 Å². The Balaban J connectivity index is 1.86. The highest BCUT2D eigenvalue weighted by molar-refractivity contribution is 7.92. The van der Waals surface area contributed by atoms with Crippen molar-refractivity contribution in [3.05, 3.63) is 29.8 Å². The number of sulfonamides is 1. The Kier molecular flexibility index (Phi) is 4.94. The van der Waals surface area contributed by atoms with Gasteiger partial charge in [-0.15, -0.1) is 0 Å². The number of hydrogen-bond acceptors (Lipinski definition) is 4. The molecule has 0 saturated carbocycles. The number of fused-ring (bicyclic) bond motifs is 1. The topological polar surface area (TPSA) is 49.9 Å². The second kappa shape index (κ2) is 6.79. The molecule has 5 nitrogen and oxygen atoms in total. The smallest absolute Gasteiger partial charge is 0.237 e. The van der Waals surface area contributed by atoms with Gasteiger partial charge in [-0.2, -0.15) is 0 Å². The summed E-state index contributed by atoms with van der Waals surface area (Å²) in [7, 11) is 0.634. The van der Waals surface area contributed by atoms with E-state index in [1.807, 2.05) is 38.4 Å². The first kappa shape index (κ1) is 16.7. The fourth-order valence-electron chi connectivity index (χ4n) is 3.41. The Morgan fingerprint density at radius 2 is 2.04 bits per heavy atom. The van der Waals surface area contributed by atoms with E-state index in [4.69, 9.17) is 4.74 Å². The predicted molar refractivity (Wildman–Crippen MR) is 92.3 cm³/mol. The zero-order chi connectivity index (χ0) is 16.4. The highest BCUT2D eigenvalue weighted by atomic mass is 32.2. The van der Waals surface area contributed by atoms with Crippen LogP contribution in [0.2, 0.25) is 0 Å². The summed E-state index contributed by atoms with van der Waals surface area (Å²) < 4.78 is 33.3. The van der Waals surface area contributed by atoms with Crippen molar-refractivity contribution < 1.29 is 13.2 Å². The van der Waals surface area contributed by atoms with Crippen LogP contribution in [0, 0.1) is 0 Å². The number of ether oxygens (including phenoxy) is 1. The Hall–Kier alpha value is -1.11. The number of likely N-dealkylation sites (N-methyl/N-ethyl adjacent to an activating group) is 1. The van der Waals surface area contributed by atoms with Gasteiger partial charge in [-0.25, -0.2) is 8.42 Å². The third kappa shape index (κ3) is 3.70. The average molecular weight is 338 g/mol. The summed E-state index contributed by atoms with van der Waals surface area (Å²) in [5, 5.41) is 0. The number of benzene rings is 1. The van der Waals surface area contributed by atoms with Crippen LogP contribution in [-0.4, -0.2) is 58.5 Å². The molecule has 0 spiro atoms. The summed E-state index contributed by atoms with van der Waals surface area (Å²) in [5.41, 5.74) is 1.94. The quantitative estimate of drug-likeness (QED) is 0.841. The summed E-state index contributed by atoms with van der Waals surface area (Å²) in [6.07, 6.45) is 3.64. The number of nitrogens with zero attached hydrogens (tertiary/aromatic N) is 2. The SMILES string of the molecule is CN(C)C1Cc2ccccc2N(S(=O)(=O)CC2CCCCO2)C1. The number of para-hydroxylation sites is 1. The molecule has 1 fully saturated rings. The monoisotopic (exact) mass is 338 g/mol. The second-order valence-electron chi connectivity index (χ2n) is 6.75. The van der Waals surface area contributed by atoms with Crippen molar-refractivity contribution in [3.8, 4) is 0 Å². The molecule has 6 heteroatoms. The molecule has 1 aromatic carbocycles. The molecule has 2 atom stereocenters. The minimum atomic E-state index is -3.38. The molecule has 23 heavy (non-hydrogen) atoms. The van der Waals surface area contributed by atoms with Crippen molar-refractivity contribution in [3.63, 3.8) is 0 Å². The van der Waals surface area contributed by atoms with E-state index in [0.29, 0.717) is 13.2 Å². The van der Waals surface area contributed by atoms with Gasteiger partial charge in [0.25, 0.3) is 0 Å². The van der Waals surface area contributed by atoms with Crippen LogP contribution in [0.4, 0.5) is 5.69 Å². The van der Waals surface area contributed by atoms with Crippen LogP contribution < -0.4 is 4.31 Å². The van der Waals surface area contributed by atoms with Crippen LogP contribution in [0.3, 0.4) is 0 Å². The summed E-state index contributed by atoms with van der Waals surface area (Å²) in [4.78, 5) is 2.11. The molecule has 0 bridgehead atoms. The maximum Gasteiger partial charge on any atom is 0.237 e. The molecule has 2 aliphatic heterocycles. The molecule has 0 N–H and O–H groups in total. The van der Waals surface area contributed by atoms with Crippen molar-refractivity contribution in [2.45, 2.75) is 37.8 Å². The number of rotatable bonds is 4. The average Bonchev–Trinajstić information content (AvgIpc) is 2.54. The van der Waals surface area contributed by atoms with E-state index in [1.54, 1.807) is 4.31 Å². The summed E-state index contributed by atoms with van der Waals surface area (Å²) in [5.74, 6) is 0.0848. The van der Waals surface area contributed by atoms with Crippen LogP contribution in [0.25, 0.3) is 0 Å². The Morgan fingerprint density at radius 3 is 2.74 bits per heavy atom. The summed E-state index contributed by atoms with van der Waals surface area (Å²) in [6.45, 7) is 1.19.